The van der Waals surface area contributed by atoms with Gasteiger partial charge in [0.15, 0.2) is 5.96 Å². The molecule has 2 N–H and O–H groups in total. The summed E-state index contributed by atoms with van der Waals surface area (Å²) >= 11 is 0. The van der Waals surface area contributed by atoms with Crippen LogP contribution in [0.2, 0.25) is 0 Å². The number of halogens is 1. The van der Waals surface area contributed by atoms with Crippen LogP contribution in [0, 0.1) is 0 Å². The van der Waals surface area contributed by atoms with E-state index >= 15 is 0 Å². The van der Waals surface area contributed by atoms with E-state index in [4.69, 9.17) is 4.42 Å². The first-order valence-electron chi connectivity index (χ1n) is 7.99. The van der Waals surface area contributed by atoms with Crippen LogP contribution in [0.15, 0.2) is 27.8 Å². The topological polar surface area (TPSA) is 52.8 Å². The van der Waals surface area contributed by atoms with Gasteiger partial charge in [-0.3, -0.25) is 9.89 Å². The van der Waals surface area contributed by atoms with Gasteiger partial charge < -0.3 is 15.1 Å². The maximum atomic E-state index is 5.33. The lowest BCUT2D eigenvalue weighted by molar-refractivity contribution is 0.237. The van der Waals surface area contributed by atoms with Crippen LogP contribution in [-0.2, 0) is 6.42 Å². The number of rotatable bonds is 9. The van der Waals surface area contributed by atoms with Crippen molar-refractivity contribution >= 4 is 29.9 Å². The molecule has 1 rings (SSSR count). The maximum absolute atomic E-state index is 5.33. The molecule has 0 spiro atoms. The van der Waals surface area contributed by atoms with E-state index in [1.165, 1.54) is 0 Å². The molecule has 0 aliphatic heterocycles. The summed E-state index contributed by atoms with van der Waals surface area (Å²) in [7, 11) is 0. The molecule has 0 aliphatic rings. The predicted octanol–water partition coefficient (Wildman–Crippen LogP) is 2.73. The second kappa shape index (κ2) is 12.8. The largest absolute Gasteiger partial charge is 0.469 e. The Hall–Kier alpha value is -0.760. The Kier molecular flexibility index (Phi) is 12.3. The molecule has 1 atom stereocenters. The molecule has 128 valence electrons. The van der Waals surface area contributed by atoms with Crippen molar-refractivity contribution in [2.75, 3.05) is 32.7 Å². The minimum absolute atomic E-state index is 0. The Morgan fingerprint density at radius 3 is 2.55 bits per heavy atom. The lowest BCUT2D eigenvalue weighted by atomic mass is 10.3. The minimum atomic E-state index is 0. The van der Waals surface area contributed by atoms with Crippen LogP contribution in [0.4, 0.5) is 0 Å². The highest BCUT2D eigenvalue weighted by Gasteiger charge is 2.09. The van der Waals surface area contributed by atoms with Gasteiger partial charge in [-0.15, -0.1) is 24.0 Å². The number of aliphatic imine (C=N–C) groups is 1. The third-order valence-electron chi connectivity index (χ3n) is 3.54. The summed E-state index contributed by atoms with van der Waals surface area (Å²) in [5.41, 5.74) is 0. The van der Waals surface area contributed by atoms with E-state index in [0.29, 0.717) is 6.04 Å². The van der Waals surface area contributed by atoms with Gasteiger partial charge in [-0.2, -0.15) is 0 Å². The number of guanidine groups is 1. The molecule has 0 saturated carbocycles. The molecule has 5 nitrogen and oxygen atoms in total. The quantitative estimate of drug-likeness (QED) is 0.365. The summed E-state index contributed by atoms with van der Waals surface area (Å²) < 4.78 is 5.33. The van der Waals surface area contributed by atoms with E-state index in [1.54, 1.807) is 6.26 Å². The van der Waals surface area contributed by atoms with Crippen LogP contribution in [0.5, 0.6) is 0 Å². The molecule has 22 heavy (non-hydrogen) atoms. The molecule has 1 heterocycles. The fourth-order valence-electron chi connectivity index (χ4n) is 2.29. The van der Waals surface area contributed by atoms with Gasteiger partial charge in [-0.25, -0.2) is 0 Å². The molecular weight excluding hydrogens is 391 g/mol. The maximum Gasteiger partial charge on any atom is 0.191 e. The van der Waals surface area contributed by atoms with Crippen molar-refractivity contribution in [1.82, 2.24) is 15.5 Å². The average Bonchev–Trinajstić information content (AvgIpc) is 2.99. The van der Waals surface area contributed by atoms with Crippen molar-refractivity contribution in [2.45, 2.75) is 40.2 Å². The molecule has 6 heteroatoms. The lowest BCUT2D eigenvalue weighted by Crippen LogP contribution is -2.40. The number of likely N-dealkylation sites (N-methyl/N-ethyl adjacent to an activating group) is 1. The SMILES string of the molecule is CCNC(=NCC(C)N(CC)CC)NCCc1ccco1.I. The highest BCUT2D eigenvalue weighted by Crippen LogP contribution is 2.00. The van der Waals surface area contributed by atoms with Crippen LogP contribution in [0.1, 0.15) is 33.5 Å². The Bertz CT molecular complexity index is 391. The van der Waals surface area contributed by atoms with Gasteiger partial charge in [0.05, 0.1) is 12.8 Å². The fourth-order valence-corrected chi connectivity index (χ4v) is 2.29. The smallest absolute Gasteiger partial charge is 0.191 e. The van der Waals surface area contributed by atoms with Crippen molar-refractivity contribution in [1.29, 1.82) is 0 Å². The van der Waals surface area contributed by atoms with Crippen molar-refractivity contribution in [3.63, 3.8) is 0 Å². The average molecular weight is 422 g/mol. The van der Waals surface area contributed by atoms with Crippen LogP contribution in [0.3, 0.4) is 0 Å². The van der Waals surface area contributed by atoms with Gasteiger partial charge in [0, 0.05) is 25.6 Å². The number of furan rings is 1. The van der Waals surface area contributed by atoms with Crippen molar-refractivity contribution in [3.8, 4) is 0 Å². The van der Waals surface area contributed by atoms with Gasteiger partial charge in [-0.05, 0) is 39.1 Å². The van der Waals surface area contributed by atoms with Crippen LogP contribution in [-0.4, -0.2) is 49.6 Å². The summed E-state index contributed by atoms with van der Waals surface area (Å²) in [6.07, 6.45) is 2.57. The lowest BCUT2D eigenvalue weighted by Gasteiger charge is -2.25. The van der Waals surface area contributed by atoms with E-state index in [9.17, 15) is 0 Å². The molecule has 1 aromatic heterocycles. The van der Waals surface area contributed by atoms with E-state index < -0.39 is 0 Å². The summed E-state index contributed by atoms with van der Waals surface area (Å²) in [6, 6.07) is 4.37. The Morgan fingerprint density at radius 1 is 1.27 bits per heavy atom. The van der Waals surface area contributed by atoms with Gasteiger partial charge in [0.25, 0.3) is 0 Å². The molecule has 0 radical (unpaired) electrons. The van der Waals surface area contributed by atoms with E-state index in [0.717, 1.165) is 50.9 Å². The van der Waals surface area contributed by atoms with Gasteiger partial charge >= 0.3 is 0 Å². The number of hydrogen-bond donors (Lipinski definition) is 2. The molecule has 0 aliphatic carbocycles. The summed E-state index contributed by atoms with van der Waals surface area (Å²) in [5, 5.41) is 6.63. The Balaban J connectivity index is 0.00000441. The first kappa shape index (κ1) is 21.2. The number of nitrogens with zero attached hydrogens (tertiary/aromatic N) is 2. The predicted molar refractivity (Wildman–Crippen MR) is 104 cm³/mol. The first-order valence-corrected chi connectivity index (χ1v) is 7.99. The molecule has 1 aromatic rings. The fraction of sp³-hybridized carbons (Fsp3) is 0.688. The normalized spacial score (nSPS) is 12.9. The summed E-state index contributed by atoms with van der Waals surface area (Å²) in [4.78, 5) is 7.08. The zero-order valence-electron chi connectivity index (χ0n) is 14.3. The second-order valence-electron chi connectivity index (χ2n) is 5.05. The molecule has 0 saturated heterocycles. The number of nitrogens with one attached hydrogen (secondary N) is 2. The standard InChI is InChI=1S/C16H30N4O.HI/c1-5-17-16(18-11-10-15-9-8-12-21-15)19-13-14(4)20(6-2)7-3;/h8-9,12,14H,5-7,10-11,13H2,1-4H3,(H2,17,18,19);1H. The summed E-state index contributed by atoms with van der Waals surface area (Å²) in [5.74, 6) is 1.87. The zero-order chi connectivity index (χ0) is 15.5. The monoisotopic (exact) mass is 422 g/mol. The highest BCUT2D eigenvalue weighted by atomic mass is 127. The second-order valence-corrected chi connectivity index (χ2v) is 5.05. The van der Waals surface area contributed by atoms with Crippen LogP contribution in [0.25, 0.3) is 0 Å². The number of hydrogen-bond acceptors (Lipinski definition) is 3. The van der Waals surface area contributed by atoms with E-state index in [-0.39, 0.29) is 24.0 Å². The molecule has 0 aromatic carbocycles. The summed E-state index contributed by atoms with van der Waals surface area (Å²) in [6.45, 7) is 13.3. The highest BCUT2D eigenvalue weighted by molar-refractivity contribution is 14.0. The minimum Gasteiger partial charge on any atom is -0.469 e. The first-order chi connectivity index (χ1) is 10.2. The Labute approximate surface area is 152 Å². The van der Waals surface area contributed by atoms with Crippen LogP contribution >= 0.6 is 24.0 Å². The van der Waals surface area contributed by atoms with E-state index in [2.05, 4.69) is 48.2 Å². The van der Waals surface area contributed by atoms with Crippen molar-refractivity contribution in [3.05, 3.63) is 24.2 Å². The van der Waals surface area contributed by atoms with E-state index in [1.807, 2.05) is 12.1 Å². The van der Waals surface area contributed by atoms with Gasteiger partial charge in [-0.1, -0.05) is 13.8 Å². The van der Waals surface area contributed by atoms with Crippen molar-refractivity contribution < 1.29 is 4.42 Å². The third-order valence-corrected chi connectivity index (χ3v) is 3.54. The molecular formula is C16H31IN4O. The molecule has 0 fully saturated rings. The van der Waals surface area contributed by atoms with Gasteiger partial charge in [0.1, 0.15) is 5.76 Å². The van der Waals surface area contributed by atoms with Crippen LogP contribution < -0.4 is 10.6 Å². The zero-order valence-corrected chi connectivity index (χ0v) is 16.6. The van der Waals surface area contributed by atoms with Gasteiger partial charge in [0.2, 0.25) is 0 Å². The molecule has 0 amide bonds. The van der Waals surface area contributed by atoms with Crippen molar-refractivity contribution in [2.24, 2.45) is 4.99 Å². The third kappa shape index (κ3) is 8.03. The molecule has 0 bridgehead atoms. The molecule has 1 unspecified atom stereocenters. The Morgan fingerprint density at radius 2 is 2.00 bits per heavy atom.